The van der Waals surface area contributed by atoms with Gasteiger partial charge in [0.1, 0.15) is 5.75 Å². The summed E-state index contributed by atoms with van der Waals surface area (Å²) in [5.41, 5.74) is 1.56. The number of hydrogen-bond donors (Lipinski definition) is 2. The fourth-order valence-electron chi connectivity index (χ4n) is 3.04. The van der Waals surface area contributed by atoms with Gasteiger partial charge < -0.3 is 15.0 Å². The van der Waals surface area contributed by atoms with Crippen LogP contribution in [0.3, 0.4) is 0 Å². The number of H-pyrrole nitrogens is 1. The summed E-state index contributed by atoms with van der Waals surface area (Å²) in [6.07, 6.45) is 3.38. The van der Waals surface area contributed by atoms with E-state index in [1.54, 1.807) is 13.3 Å². The number of methoxy groups -OCH3 is 1. The van der Waals surface area contributed by atoms with Crippen molar-refractivity contribution in [1.82, 2.24) is 15.5 Å². The van der Waals surface area contributed by atoms with Crippen molar-refractivity contribution in [3.63, 3.8) is 0 Å². The summed E-state index contributed by atoms with van der Waals surface area (Å²) in [7, 11) is 1.63. The van der Waals surface area contributed by atoms with Crippen LogP contribution in [0.15, 0.2) is 41.3 Å². The highest BCUT2D eigenvalue weighted by atomic mass is 16.5. The predicted molar refractivity (Wildman–Crippen MR) is 94.6 cm³/mol. The van der Waals surface area contributed by atoms with Gasteiger partial charge in [-0.3, -0.25) is 9.59 Å². The maximum atomic E-state index is 12.5. The number of aromatic nitrogens is 2. The maximum absolute atomic E-state index is 12.5. The predicted octanol–water partition coefficient (Wildman–Crippen LogP) is 1.31. The molecule has 1 aromatic carbocycles. The molecule has 1 amide bonds. The molecule has 7 heteroatoms. The van der Waals surface area contributed by atoms with Crippen LogP contribution in [0.1, 0.15) is 18.4 Å². The van der Waals surface area contributed by atoms with Crippen molar-refractivity contribution in [1.29, 1.82) is 0 Å². The molecule has 1 aromatic heterocycles. The number of hydrogen-bond acceptors (Lipinski definition) is 5. The molecule has 0 spiro atoms. The van der Waals surface area contributed by atoms with E-state index in [1.807, 2.05) is 29.2 Å². The largest absolute Gasteiger partial charge is 0.497 e. The summed E-state index contributed by atoms with van der Waals surface area (Å²) < 4.78 is 5.13. The second-order valence-corrected chi connectivity index (χ2v) is 6.15. The fraction of sp³-hybridized carbons (Fsp3) is 0.389. The van der Waals surface area contributed by atoms with E-state index in [2.05, 4.69) is 15.5 Å². The number of carbonyl (C=O) groups is 1. The smallest absolute Gasteiger partial charge is 0.266 e. The number of aromatic amines is 1. The minimum Gasteiger partial charge on any atom is -0.497 e. The van der Waals surface area contributed by atoms with Gasteiger partial charge in [-0.25, -0.2) is 5.10 Å². The molecule has 2 aromatic rings. The van der Waals surface area contributed by atoms with E-state index in [0.29, 0.717) is 13.1 Å². The van der Waals surface area contributed by atoms with E-state index in [9.17, 15) is 9.59 Å². The Hall–Kier alpha value is -2.83. The van der Waals surface area contributed by atoms with Crippen molar-refractivity contribution in [2.45, 2.75) is 19.4 Å². The first-order valence-electron chi connectivity index (χ1n) is 8.36. The second-order valence-electron chi connectivity index (χ2n) is 6.15. The number of nitrogens with zero attached hydrogens (tertiary/aromatic N) is 2. The highest BCUT2D eigenvalue weighted by Crippen LogP contribution is 2.21. The molecule has 0 unspecified atom stereocenters. The van der Waals surface area contributed by atoms with Gasteiger partial charge in [-0.05, 0) is 30.5 Å². The topological polar surface area (TPSA) is 87.3 Å². The number of amides is 1. The van der Waals surface area contributed by atoms with Gasteiger partial charge in [-0.2, -0.15) is 5.10 Å². The van der Waals surface area contributed by atoms with E-state index >= 15 is 0 Å². The Morgan fingerprint density at radius 1 is 1.40 bits per heavy atom. The third-order valence-electron chi connectivity index (χ3n) is 4.43. The number of ether oxygens (including phenoxy) is 1. The molecule has 1 aliphatic rings. The van der Waals surface area contributed by atoms with Gasteiger partial charge in [0.15, 0.2) is 0 Å². The molecule has 25 heavy (non-hydrogen) atoms. The van der Waals surface area contributed by atoms with Gasteiger partial charge in [0.25, 0.3) is 5.56 Å². The Morgan fingerprint density at radius 2 is 2.20 bits per heavy atom. The molecule has 1 saturated heterocycles. The van der Waals surface area contributed by atoms with Gasteiger partial charge in [0.05, 0.1) is 24.9 Å². The second kappa shape index (κ2) is 7.83. The van der Waals surface area contributed by atoms with Crippen molar-refractivity contribution < 1.29 is 9.53 Å². The molecule has 0 radical (unpaired) electrons. The maximum Gasteiger partial charge on any atom is 0.266 e. The Balaban J connectivity index is 1.57. The molecule has 7 nitrogen and oxygen atoms in total. The molecular formula is C18H22N4O3. The summed E-state index contributed by atoms with van der Waals surface area (Å²) in [5.74, 6) is 0.745. The van der Waals surface area contributed by atoms with Gasteiger partial charge >= 0.3 is 0 Å². The molecule has 3 rings (SSSR count). The normalized spacial score (nSPS) is 17.2. The van der Waals surface area contributed by atoms with Crippen molar-refractivity contribution in [2.75, 3.05) is 25.1 Å². The molecule has 2 N–H and O–H groups in total. The molecule has 2 heterocycles. The van der Waals surface area contributed by atoms with Crippen molar-refractivity contribution in [2.24, 2.45) is 5.92 Å². The van der Waals surface area contributed by atoms with Crippen LogP contribution in [0.5, 0.6) is 5.75 Å². The minimum atomic E-state index is -0.233. The van der Waals surface area contributed by atoms with Crippen LogP contribution >= 0.6 is 0 Å². The number of nitrogens with one attached hydrogen (secondary N) is 2. The lowest BCUT2D eigenvalue weighted by Gasteiger charge is -2.33. The van der Waals surface area contributed by atoms with E-state index in [4.69, 9.17) is 4.74 Å². The Morgan fingerprint density at radius 3 is 2.92 bits per heavy atom. The quantitative estimate of drug-likeness (QED) is 0.855. The summed E-state index contributed by atoms with van der Waals surface area (Å²) >= 11 is 0. The first-order valence-corrected chi connectivity index (χ1v) is 8.36. The number of rotatable bonds is 5. The van der Waals surface area contributed by atoms with Crippen molar-refractivity contribution >= 4 is 11.6 Å². The Kier molecular flexibility index (Phi) is 5.33. The van der Waals surface area contributed by atoms with Gasteiger partial charge in [-0.15, -0.1) is 0 Å². The Bertz CT molecular complexity index is 772. The third-order valence-corrected chi connectivity index (χ3v) is 4.43. The van der Waals surface area contributed by atoms with Crippen LogP contribution in [-0.4, -0.2) is 36.3 Å². The average Bonchev–Trinajstić information content (AvgIpc) is 2.66. The lowest BCUT2D eigenvalue weighted by Crippen LogP contribution is -2.43. The van der Waals surface area contributed by atoms with Gasteiger partial charge in [0, 0.05) is 25.7 Å². The van der Waals surface area contributed by atoms with E-state index in [-0.39, 0.29) is 17.4 Å². The number of piperidine rings is 1. The van der Waals surface area contributed by atoms with Crippen LogP contribution in [0.4, 0.5) is 5.69 Å². The minimum absolute atomic E-state index is 0.0401. The summed E-state index contributed by atoms with van der Waals surface area (Å²) in [6.45, 7) is 1.92. The zero-order valence-corrected chi connectivity index (χ0v) is 14.2. The Labute approximate surface area is 146 Å². The molecular weight excluding hydrogens is 320 g/mol. The lowest BCUT2D eigenvalue weighted by atomic mass is 9.96. The molecule has 0 saturated carbocycles. The number of benzene rings is 1. The van der Waals surface area contributed by atoms with Crippen molar-refractivity contribution in [3.8, 4) is 5.75 Å². The van der Waals surface area contributed by atoms with Crippen LogP contribution in [0.2, 0.25) is 0 Å². The van der Waals surface area contributed by atoms with Crippen LogP contribution in [-0.2, 0) is 11.3 Å². The SMILES string of the molecule is COc1ccc(CNC(=O)[C@H]2CCCN(c3cn[nH]c(=O)c3)C2)cc1. The van der Waals surface area contributed by atoms with Gasteiger partial charge in [0.2, 0.25) is 5.91 Å². The highest BCUT2D eigenvalue weighted by molar-refractivity contribution is 5.79. The molecule has 0 bridgehead atoms. The average molecular weight is 342 g/mol. The van der Waals surface area contributed by atoms with Crippen LogP contribution in [0.25, 0.3) is 0 Å². The standard InChI is InChI=1S/C18H22N4O3/c1-25-16-6-4-13(5-7-16)10-19-18(24)14-3-2-8-22(12-14)15-9-17(23)21-20-11-15/h4-7,9,11,14H,2-3,8,10,12H2,1H3,(H,19,24)(H,21,23)/t14-/m0/s1. The zero-order chi connectivity index (χ0) is 17.6. The monoisotopic (exact) mass is 342 g/mol. The number of anilines is 1. The fourth-order valence-corrected chi connectivity index (χ4v) is 3.04. The molecule has 132 valence electrons. The van der Waals surface area contributed by atoms with Crippen LogP contribution < -0.4 is 20.5 Å². The van der Waals surface area contributed by atoms with Crippen LogP contribution in [0, 0.1) is 5.92 Å². The number of carbonyl (C=O) groups excluding carboxylic acids is 1. The van der Waals surface area contributed by atoms with E-state index < -0.39 is 0 Å². The highest BCUT2D eigenvalue weighted by Gasteiger charge is 2.26. The third kappa shape index (κ3) is 4.37. The summed E-state index contributed by atoms with van der Waals surface area (Å²) in [6, 6.07) is 9.15. The molecule has 1 aliphatic heterocycles. The molecule has 1 atom stereocenters. The first-order chi connectivity index (χ1) is 12.2. The zero-order valence-electron chi connectivity index (χ0n) is 14.2. The van der Waals surface area contributed by atoms with E-state index in [0.717, 1.165) is 36.4 Å². The van der Waals surface area contributed by atoms with E-state index in [1.165, 1.54) is 6.07 Å². The molecule has 0 aliphatic carbocycles. The molecule has 1 fully saturated rings. The summed E-state index contributed by atoms with van der Waals surface area (Å²) in [4.78, 5) is 26.0. The summed E-state index contributed by atoms with van der Waals surface area (Å²) in [5, 5.41) is 9.20. The van der Waals surface area contributed by atoms with Crippen molar-refractivity contribution in [3.05, 3.63) is 52.4 Å². The van der Waals surface area contributed by atoms with Gasteiger partial charge in [-0.1, -0.05) is 12.1 Å². The lowest BCUT2D eigenvalue weighted by molar-refractivity contribution is -0.125. The first kappa shape index (κ1) is 17.0.